The molecule has 8 heteroatoms. The lowest BCUT2D eigenvalue weighted by molar-refractivity contribution is 0.0937. The van der Waals surface area contributed by atoms with E-state index < -0.39 is 0 Å². The molecule has 2 aromatic heterocycles. The van der Waals surface area contributed by atoms with Crippen molar-refractivity contribution in [2.45, 2.75) is 26.3 Å². The van der Waals surface area contributed by atoms with Crippen LogP contribution in [0, 0.1) is 6.92 Å². The fraction of sp³-hybridized carbons (Fsp3) is 0.345. The topological polar surface area (TPSA) is 85.6 Å². The van der Waals surface area contributed by atoms with Crippen molar-refractivity contribution >= 4 is 33.5 Å². The number of amides is 1. The van der Waals surface area contributed by atoms with Crippen molar-refractivity contribution in [2.24, 2.45) is 7.05 Å². The maximum atomic E-state index is 14.0. The Morgan fingerprint density at radius 1 is 1.00 bits per heavy atom. The zero-order chi connectivity index (χ0) is 26.1. The van der Waals surface area contributed by atoms with Crippen molar-refractivity contribution < 1.29 is 14.3 Å². The molecule has 1 N–H and O–H groups in total. The van der Waals surface area contributed by atoms with Crippen molar-refractivity contribution in [3.05, 3.63) is 75.7 Å². The van der Waals surface area contributed by atoms with Crippen LogP contribution in [-0.4, -0.2) is 59.0 Å². The molecule has 1 aliphatic heterocycles. The van der Waals surface area contributed by atoms with Crippen LogP contribution in [-0.2, 0) is 13.6 Å². The van der Waals surface area contributed by atoms with E-state index in [2.05, 4.69) is 10.2 Å². The summed E-state index contributed by atoms with van der Waals surface area (Å²) in [6.45, 7) is 5.21. The molecule has 8 nitrogen and oxygen atoms in total. The third-order valence-corrected chi connectivity index (χ3v) is 7.30. The number of fused-ring (bicyclic) bond motifs is 3. The summed E-state index contributed by atoms with van der Waals surface area (Å²) in [5.74, 6) is -0.228. The number of pyridine rings is 1. The van der Waals surface area contributed by atoms with Gasteiger partial charge in [-0.3, -0.25) is 19.0 Å². The van der Waals surface area contributed by atoms with E-state index in [0.29, 0.717) is 34.2 Å². The quantitative estimate of drug-likeness (QED) is 0.374. The minimum atomic E-state index is -0.357. The predicted molar refractivity (Wildman–Crippen MR) is 145 cm³/mol. The molecule has 0 bridgehead atoms. The molecule has 0 saturated carbocycles. The Bertz CT molecular complexity index is 1550. The first-order valence-corrected chi connectivity index (χ1v) is 12.7. The first-order valence-electron chi connectivity index (χ1n) is 12.7. The summed E-state index contributed by atoms with van der Waals surface area (Å²) in [5.41, 5.74) is 2.64. The van der Waals surface area contributed by atoms with Crippen molar-refractivity contribution in [2.75, 3.05) is 33.3 Å². The van der Waals surface area contributed by atoms with Crippen LogP contribution in [0.4, 0.5) is 0 Å². The molecule has 1 amide bonds. The number of carbonyl (C=O) groups excluding carboxylic acids is 2. The third-order valence-electron chi connectivity index (χ3n) is 7.30. The van der Waals surface area contributed by atoms with E-state index in [1.54, 1.807) is 35.9 Å². The van der Waals surface area contributed by atoms with Crippen LogP contribution in [0.15, 0.2) is 53.3 Å². The number of ether oxygens (including phenoxy) is 1. The molecule has 2 aromatic carbocycles. The van der Waals surface area contributed by atoms with Gasteiger partial charge >= 0.3 is 0 Å². The van der Waals surface area contributed by atoms with Gasteiger partial charge in [-0.2, -0.15) is 0 Å². The first-order chi connectivity index (χ1) is 17.9. The molecule has 4 aromatic rings. The maximum Gasteiger partial charge on any atom is 0.271 e. The Morgan fingerprint density at radius 2 is 1.73 bits per heavy atom. The van der Waals surface area contributed by atoms with Gasteiger partial charge in [0, 0.05) is 31.1 Å². The highest BCUT2D eigenvalue weighted by Gasteiger charge is 2.28. The average Bonchev–Trinajstić information content (AvgIpc) is 3.52. The van der Waals surface area contributed by atoms with Gasteiger partial charge in [0.15, 0.2) is 17.2 Å². The predicted octanol–water partition coefficient (Wildman–Crippen LogP) is 3.52. The number of likely N-dealkylation sites (tertiary alicyclic amines) is 1. The summed E-state index contributed by atoms with van der Waals surface area (Å²) >= 11 is 0. The van der Waals surface area contributed by atoms with Crippen LogP contribution in [0.2, 0.25) is 0 Å². The number of rotatable bonds is 8. The van der Waals surface area contributed by atoms with E-state index in [9.17, 15) is 14.4 Å². The number of hydrogen-bond acceptors (Lipinski definition) is 5. The second kappa shape index (κ2) is 10.2. The number of aryl methyl sites for hydroxylation is 2. The van der Waals surface area contributed by atoms with Crippen molar-refractivity contribution in [3.63, 3.8) is 0 Å². The van der Waals surface area contributed by atoms with Crippen LogP contribution in [0.5, 0.6) is 5.75 Å². The van der Waals surface area contributed by atoms with E-state index in [0.717, 1.165) is 30.6 Å². The molecule has 0 spiro atoms. The molecular formula is C29H32N4O4. The second-order valence-electron chi connectivity index (χ2n) is 9.62. The molecular weight excluding hydrogens is 468 g/mol. The van der Waals surface area contributed by atoms with E-state index in [1.165, 1.54) is 24.5 Å². The zero-order valence-corrected chi connectivity index (χ0v) is 21.5. The summed E-state index contributed by atoms with van der Waals surface area (Å²) in [5, 5.41) is 4.09. The number of carbonyl (C=O) groups is 2. The molecule has 0 atom stereocenters. The normalized spacial score (nSPS) is 13.9. The first kappa shape index (κ1) is 24.8. The number of nitrogens with zero attached hydrogens (tertiary/aromatic N) is 3. The fourth-order valence-corrected chi connectivity index (χ4v) is 5.50. The number of Topliss-reactive ketones (excluding diaryl/α,β-unsaturated/α-hetero) is 1. The summed E-state index contributed by atoms with van der Waals surface area (Å²) in [4.78, 5) is 42.8. The minimum Gasteiger partial charge on any atom is -0.493 e. The Labute approximate surface area is 215 Å². The van der Waals surface area contributed by atoms with E-state index in [-0.39, 0.29) is 29.5 Å². The maximum absolute atomic E-state index is 14.0. The highest BCUT2D eigenvalue weighted by molar-refractivity contribution is 6.13. The van der Waals surface area contributed by atoms with E-state index in [1.807, 2.05) is 31.2 Å². The van der Waals surface area contributed by atoms with Crippen LogP contribution >= 0.6 is 0 Å². The molecule has 5 rings (SSSR count). The number of hydrogen-bond donors (Lipinski definition) is 1. The number of benzene rings is 2. The second-order valence-corrected chi connectivity index (χ2v) is 9.62. The van der Waals surface area contributed by atoms with Gasteiger partial charge in [0.05, 0.1) is 24.7 Å². The van der Waals surface area contributed by atoms with Gasteiger partial charge in [0.1, 0.15) is 5.39 Å². The number of aromatic nitrogens is 2. The molecule has 1 fully saturated rings. The van der Waals surface area contributed by atoms with Gasteiger partial charge < -0.3 is 19.5 Å². The molecule has 3 heterocycles. The van der Waals surface area contributed by atoms with E-state index in [4.69, 9.17) is 4.74 Å². The number of ketones is 1. The Balaban J connectivity index is 1.63. The van der Waals surface area contributed by atoms with Crippen LogP contribution in [0.25, 0.3) is 21.8 Å². The monoisotopic (exact) mass is 500 g/mol. The fourth-order valence-electron chi connectivity index (χ4n) is 5.50. The van der Waals surface area contributed by atoms with Crippen molar-refractivity contribution in [1.29, 1.82) is 0 Å². The Kier molecular flexibility index (Phi) is 6.84. The van der Waals surface area contributed by atoms with Gasteiger partial charge in [-0.15, -0.1) is 0 Å². The van der Waals surface area contributed by atoms with Gasteiger partial charge in [-0.05, 0) is 38.4 Å². The standard InChI is InChI=1S/C29H32N4O4/c1-19-10-9-13-21-24(19)33(18-22(34)20-11-5-4-6-12-20)29(36)23-25(21)31(2)26(27(23)37-3)28(35)30-14-17-32-15-7-8-16-32/h4-6,9-13H,7-8,14-18H2,1-3H3,(H,30,35). The highest BCUT2D eigenvalue weighted by atomic mass is 16.5. The van der Waals surface area contributed by atoms with Gasteiger partial charge in [0.2, 0.25) is 0 Å². The molecule has 0 aliphatic carbocycles. The summed E-state index contributed by atoms with van der Waals surface area (Å²) in [6.07, 6.45) is 2.38. The minimum absolute atomic E-state index is 0.116. The number of nitrogens with one attached hydrogen (secondary N) is 1. The van der Waals surface area contributed by atoms with E-state index >= 15 is 0 Å². The smallest absolute Gasteiger partial charge is 0.271 e. The summed E-state index contributed by atoms with van der Waals surface area (Å²) in [6, 6.07) is 14.7. The van der Waals surface area contributed by atoms with Crippen LogP contribution < -0.4 is 15.6 Å². The summed E-state index contributed by atoms with van der Waals surface area (Å²) < 4.78 is 8.95. The third kappa shape index (κ3) is 4.42. The van der Waals surface area contributed by atoms with Crippen molar-refractivity contribution in [3.8, 4) is 5.75 Å². The molecule has 0 radical (unpaired) electrons. The SMILES string of the molecule is COc1c(C(=O)NCCN2CCCC2)n(C)c2c1c(=O)n(CC(=O)c1ccccc1)c1c(C)cccc21. The molecule has 192 valence electrons. The number of para-hydroxylation sites is 1. The van der Waals surface area contributed by atoms with Crippen molar-refractivity contribution in [1.82, 2.24) is 19.4 Å². The molecule has 0 unspecified atom stereocenters. The molecule has 37 heavy (non-hydrogen) atoms. The van der Waals surface area contributed by atoms with Gasteiger partial charge in [-0.1, -0.05) is 48.5 Å². The summed E-state index contributed by atoms with van der Waals surface area (Å²) in [7, 11) is 3.25. The average molecular weight is 501 g/mol. The Hall–Kier alpha value is -3.91. The Morgan fingerprint density at radius 3 is 2.43 bits per heavy atom. The number of methoxy groups -OCH3 is 1. The lowest BCUT2D eigenvalue weighted by atomic mass is 10.1. The van der Waals surface area contributed by atoms with Gasteiger partial charge in [0.25, 0.3) is 11.5 Å². The van der Waals surface area contributed by atoms with Gasteiger partial charge in [-0.25, -0.2) is 0 Å². The highest BCUT2D eigenvalue weighted by Crippen LogP contribution is 2.35. The molecule has 1 aliphatic rings. The lowest BCUT2D eigenvalue weighted by Gasteiger charge is -2.15. The lowest BCUT2D eigenvalue weighted by Crippen LogP contribution is -2.34. The largest absolute Gasteiger partial charge is 0.493 e. The van der Waals surface area contributed by atoms with Crippen LogP contribution in [0.1, 0.15) is 39.3 Å². The zero-order valence-electron chi connectivity index (χ0n) is 21.5. The van der Waals surface area contributed by atoms with Crippen LogP contribution in [0.3, 0.4) is 0 Å². The molecule has 1 saturated heterocycles.